The molecule has 0 aromatic heterocycles. The standard InChI is InChI=1S/C16H23FN2O3/c1-22-11-16(6-8-18-9-7-16)15(21)19-10-14(20)12-2-4-13(17)5-3-12/h2-5,14,18,20H,6-11H2,1H3,(H,19,21). The van der Waals surface area contributed by atoms with E-state index in [0.717, 1.165) is 13.1 Å². The van der Waals surface area contributed by atoms with E-state index in [0.29, 0.717) is 25.0 Å². The molecule has 1 aromatic rings. The Morgan fingerprint density at radius 3 is 2.64 bits per heavy atom. The zero-order valence-electron chi connectivity index (χ0n) is 12.8. The summed E-state index contributed by atoms with van der Waals surface area (Å²) in [4.78, 5) is 12.5. The van der Waals surface area contributed by atoms with Gasteiger partial charge in [-0.2, -0.15) is 0 Å². The number of carbonyl (C=O) groups excluding carboxylic acids is 1. The van der Waals surface area contributed by atoms with Crippen molar-refractivity contribution in [2.24, 2.45) is 5.41 Å². The van der Waals surface area contributed by atoms with E-state index in [1.165, 1.54) is 24.3 Å². The van der Waals surface area contributed by atoms with Gasteiger partial charge in [-0.25, -0.2) is 4.39 Å². The van der Waals surface area contributed by atoms with Gasteiger partial charge in [-0.15, -0.1) is 0 Å². The van der Waals surface area contributed by atoms with Crippen LogP contribution in [0.15, 0.2) is 24.3 Å². The maximum Gasteiger partial charge on any atom is 0.228 e. The zero-order chi connectivity index (χ0) is 16.0. The molecule has 1 heterocycles. The number of nitrogens with one attached hydrogen (secondary N) is 2. The van der Waals surface area contributed by atoms with Gasteiger partial charge in [0.15, 0.2) is 0 Å². The van der Waals surface area contributed by atoms with Crippen LogP contribution in [0.25, 0.3) is 0 Å². The number of aliphatic hydroxyl groups is 1. The second kappa shape index (κ2) is 7.67. The number of hydrogen-bond acceptors (Lipinski definition) is 4. The third kappa shape index (κ3) is 4.03. The van der Waals surface area contributed by atoms with E-state index in [1.54, 1.807) is 7.11 Å². The van der Waals surface area contributed by atoms with Crippen LogP contribution in [0.4, 0.5) is 4.39 Å². The van der Waals surface area contributed by atoms with Crippen LogP contribution in [0.2, 0.25) is 0 Å². The van der Waals surface area contributed by atoms with Crippen molar-refractivity contribution in [1.29, 1.82) is 0 Å². The van der Waals surface area contributed by atoms with Crippen molar-refractivity contribution in [2.75, 3.05) is 33.4 Å². The molecule has 1 aliphatic rings. The SMILES string of the molecule is COCC1(C(=O)NCC(O)c2ccc(F)cc2)CCNCC1. The summed E-state index contributed by atoms with van der Waals surface area (Å²) in [5.74, 6) is -0.453. The summed E-state index contributed by atoms with van der Waals surface area (Å²) in [6, 6.07) is 5.61. The van der Waals surface area contributed by atoms with Crippen molar-refractivity contribution in [2.45, 2.75) is 18.9 Å². The highest BCUT2D eigenvalue weighted by Gasteiger charge is 2.39. The predicted molar refractivity (Wildman–Crippen MR) is 80.8 cm³/mol. The monoisotopic (exact) mass is 310 g/mol. The molecule has 0 radical (unpaired) electrons. The quantitative estimate of drug-likeness (QED) is 0.733. The second-order valence-electron chi connectivity index (χ2n) is 5.74. The lowest BCUT2D eigenvalue weighted by Crippen LogP contribution is -2.50. The van der Waals surface area contributed by atoms with Gasteiger partial charge >= 0.3 is 0 Å². The summed E-state index contributed by atoms with van der Waals surface area (Å²) in [6.07, 6.45) is 0.560. The molecule has 5 nitrogen and oxygen atoms in total. The topological polar surface area (TPSA) is 70.6 Å². The lowest BCUT2D eigenvalue weighted by Gasteiger charge is -2.35. The molecule has 1 aliphatic heterocycles. The first kappa shape index (κ1) is 16.9. The number of piperidine rings is 1. The Kier molecular flexibility index (Phi) is 5.88. The molecule has 1 saturated heterocycles. The molecular formula is C16H23FN2O3. The summed E-state index contributed by atoms with van der Waals surface area (Å²) in [5, 5.41) is 16.1. The average molecular weight is 310 g/mol. The van der Waals surface area contributed by atoms with Crippen LogP contribution in [0.3, 0.4) is 0 Å². The van der Waals surface area contributed by atoms with Gasteiger partial charge in [0.05, 0.1) is 18.1 Å². The number of amides is 1. The van der Waals surface area contributed by atoms with Gasteiger partial charge < -0.3 is 20.5 Å². The molecule has 22 heavy (non-hydrogen) atoms. The maximum atomic E-state index is 12.9. The van der Waals surface area contributed by atoms with Gasteiger partial charge in [-0.1, -0.05) is 12.1 Å². The van der Waals surface area contributed by atoms with Crippen LogP contribution in [0.1, 0.15) is 24.5 Å². The van der Waals surface area contributed by atoms with Crippen molar-refractivity contribution >= 4 is 5.91 Å². The smallest absolute Gasteiger partial charge is 0.228 e. The van der Waals surface area contributed by atoms with E-state index in [2.05, 4.69) is 10.6 Å². The Bertz CT molecular complexity index is 481. The fourth-order valence-corrected chi connectivity index (χ4v) is 2.80. The molecule has 6 heteroatoms. The molecule has 122 valence electrons. The first-order valence-corrected chi connectivity index (χ1v) is 7.49. The normalized spacial score (nSPS) is 18.7. The van der Waals surface area contributed by atoms with Crippen LogP contribution in [0.5, 0.6) is 0 Å². The highest BCUT2D eigenvalue weighted by atomic mass is 19.1. The predicted octanol–water partition coefficient (Wildman–Crippen LogP) is 0.991. The molecule has 0 saturated carbocycles. The minimum atomic E-state index is -0.856. The van der Waals surface area contributed by atoms with Crippen LogP contribution < -0.4 is 10.6 Å². The van der Waals surface area contributed by atoms with Crippen molar-refractivity contribution in [3.8, 4) is 0 Å². The lowest BCUT2D eigenvalue weighted by molar-refractivity contribution is -0.136. The molecule has 1 fully saturated rings. The number of benzene rings is 1. The van der Waals surface area contributed by atoms with E-state index >= 15 is 0 Å². The molecule has 0 bridgehead atoms. The number of carbonyl (C=O) groups is 1. The highest BCUT2D eigenvalue weighted by molar-refractivity contribution is 5.83. The first-order valence-electron chi connectivity index (χ1n) is 7.49. The van der Waals surface area contributed by atoms with E-state index in [-0.39, 0.29) is 18.3 Å². The number of rotatable bonds is 6. The highest BCUT2D eigenvalue weighted by Crippen LogP contribution is 2.29. The van der Waals surface area contributed by atoms with E-state index < -0.39 is 11.5 Å². The number of hydrogen-bond donors (Lipinski definition) is 3. The first-order chi connectivity index (χ1) is 10.6. The van der Waals surface area contributed by atoms with Gasteiger partial charge in [-0.05, 0) is 43.6 Å². The van der Waals surface area contributed by atoms with Gasteiger partial charge in [0.1, 0.15) is 5.82 Å². The number of halogens is 1. The number of methoxy groups -OCH3 is 1. The molecule has 0 aliphatic carbocycles. The van der Waals surface area contributed by atoms with Gasteiger partial charge in [0, 0.05) is 13.7 Å². The molecule has 1 atom stereocenters. The average Bonchev–Trinajstić information content (AvgIpc) is 2.54. The van der Waals surface area contributed by atoms with Crippen molar-refractivity contribution in [3.63, 3.8) is 0 Å². The minimum absolute atomic E-state index is 0.1000. The van der Waals surface area contributed by atoms with Gasteiger partial charge in [0.2, 0.25) is 5.91 Å². The third-order valence-electron chi connectivity index (χ3n) is 4.17. The van der Waals surface area contributed by atoms with Crippen molar-refractivity contribution < 1.29 is 19.0 Å². The third-order valence-corrected chi connectivity index (χ3v) is 4.17. The fourth-order valence-electron chi connectivity index (χ4n) is 2.80. The summed E-state index contributed by atoms with van der Waals surface area (Å²) in [5.41, 5.74) is 0.0375. The van der Waals surface area contributed by atoms with Crippen LogP contribution in [-0.2, 0) is 9.53 Å². The summed E-state index contributed by atoms with van der Waals surface area (Å²) in [7, 11) is 1.59. The molecule has 3 N–H and O–H groups in total. The number of aliphatic hydroxyl groups excluding tert-OH is 1. The Morgan fingerprint density at radius 2 is 2.05 bits per heavy atom. The van der Waals surface area contributed by atoms with E-state index in [1.807, 2.05) is 0 Å². The Labute approximate surface area is 129 Å². The molecule has 0 spiro atoms. The minimum Gasteiger partial charge on any atom is -0.387 e. The Balaban J connectivity index is 1.93. The van der Waals surface area contributed by atoms with Crippen LogP contribution in [-0.4, -0.2) is 44.4 Å². The van der Waals surface area contributed by atoms with Gasteiger partial charge in [0.25, 0.3) is 0 Å². The van der Waals surface area contributed by atoms with Crippen molar-refractivity contribution in [3.05, 3.63) is 35.6 Å². The Hall–Kier alpha value is -1.50. The maximum absolute atomic E-state index is 12.9. The van der Waals surface area contributed by atoms with E-state index in [4.69, 9.17) is 4.74 Å². The summed E-state index contributed by atoms with van der Waals surface area (Å²) in [6.45, 7) is 2.02. The second-order valence-corrected chi connectivity index (χ2v) is 5.74. The Morgan fingerprint density at radius 1 is 1.41 bits per heavy atom. The van der Waals surface area contributed by atoms with Crippen LogP contribution in [0, 0.1) is 11.2 Å². The lowest BCUT2D eigenvalue weighted by atomic mass is 9.78. The molecular weight excluding hydrogens is 287 g/mol. The molecule has 1 aromatic carbocycles. The van der Waals surface area contributed by atoms with Crippen LogP contribution >= 0.6 is 0 Å². The summed E-state index contributed by atoms with van der Waals surface area (Å²) < 4.78 is 18.1. The largest absolute Gasteiger partial charge is 0.387 e. The van der Waals surface area contributed by atoms with Gasteiger partial charge in [-0.3, -0.25) is 4.79 Å². The molecule has 1 amide bonds. The zero-order valence-corrected chi connectivity index (χ0v) is 12.8. The fraction of sp³-hybridized carbons (Fsp3) is 0.562. The van der Waals surface area contributed by atoms with E-state index in [9.17, 15) is 14.3 Å². The summed E-state index contributed by atoms with van der Waals surface area (Å²) >= 11 is 0. The number of ether oxygens (including phenoxy) is 1. The molecule has 1 unspecified atom stereocenters. The molecule has 2 rings (SSSR count). The van der Waals surface area contributed by atoms with Crippen molar-refractivity contribution in [1.82, 2.24) is 10.6 Å².